The SMILES string of the molecule is COc1cc(OC)cc(OCCNS(=O)(=O)c2ccc(C)cc2)c1. The van der Waals surface area contributed by atoms with Gasteiger partial charge in [0.05, 0.1) is 19.1 Å². The number of hydrogen-bond donors (Lipinski definition) is 1. The first kappa shape index (κ1) is 18.1. The van der Waals surface area contributed by atoms with Crippen LogP contribution in [0.4, 0.5) is 0 Å². The molecule has 24 heavy (non-hydrogen) atoms. The summed E-state index contributed by atoms with van der Waals surface area (Å²) in [6, 6.07) is 11.8. The molecule has 1 N–H and O–H groups in total. The molecule has 130 valence electrons. The molecule has 0 amide bonds. The van der Waals surface area contributed by atoms with Gasteiger partial charge in [0.1, 0.15) is 23.9 Å². The average molecular weight is 351 g/mol. The van der Waals surface area contributed by atoms with Crippen molar-refractivity contribution in [3.63, 3.8) is 0 Å². The van der Waals surface area contributed by atoms with E-state index in [1.165, 1.54) is 0 Å². The Morgan fingerprint density at radius 1 is 0.917 bits per heavy atom. The van der Waals surface area contributed by atoms with Gasteiger partial charge in [0.25, 0.3) is 0 Å². The van der Waals surface area contributed by atoms with Crippen LogP contribution in [-0.4, -0.2) is 35.8 Å². The van der Waals surface area contributed by atoms with Crippen molar-refractivity contribution in [3.8, 4) is 17.2 Å². The number of ether oxygens (including phenoxy) is 3. The number of benzene rings is 2. The average Bonchev–Trinajstić information content (AvgIpc) is 2.58. The number of methoxy groups -OCH3 is 2. The van der Waals surface area contributed by atoms with Gasteiger partial charge in [-0.25, -0.2) is 13.1 Å². The number of sulfonamides is 1. The molecule has 2 aromatic carbocycles. The van der Waals surface area contributed by atoms with Crippen molar-refractivity contribution in [1.29, 1.82) is 0 Å². The minimum atomic E-state index is -3.54. The summed E-state index contributed by atoms with van der Waals surface area (Å²) in [7, 11) is -0.437. The molecule has 0 heterocycles. The van der Waals surface area contributed by atoms with E-state index < -0.39 is 10.0 Å². The molecule has 0 spiro atoms. The fraction of sp³-hybridized carbons (Fsp3) is 0.294. The molecule has 7 heteroatoms. The largest absolute Gasteiger partial charge is 0.496 e. The molecule has 0 saturated carbocycles. The van der Waals surface area contributed by atoms with Crippen LogP contribution in [0.15, 0.2) is 47.4 Å². The van der Waals surface area contributed by atoms with Gasteiger partial charge in [-0.1, -0.05) is 17.7 Å². The van der Waals surface area contributed by atoms with Gasteiger partial charge >= 0.3 is 0 Å². The summed E-state index contributed by atoms with van der Waals surface area (Å²) in [5, 5.41) is 0. The van der Waals surface area contributed by atoms with Crippen LogP contribution in [0.1, 0.15) is 5.56 Å². The molecule has 0 unspecified atom stereocenters. The van der Waals surface area contributed by atoms with Crippen molar-refractivity contribution >= 4 is 10.0 Å². The van der Waals surface area contributed by atoms with Gasteiger partial charge in [-0.15, -0.1) is 0 Å². The maximum Gasteiger partial charge on any atom is 0.240 e. The van der Waals surface area contributed by atoms with Crippen LogP contribution in [0.2, 0.25) is 0 Å². The third kappa shape index (κ3) is 4.87. The van der Waals surface area contributed by atoms with E-state index in [1.807, 2.05) is 6.92 Å². The predicted octanol–water partition coefficient (Wildman–Crippen LogP) is 2.37. The van der Waals surface area contributed by atoms with Crippen LogP contribution in [0.3, 0.4) is 0 Å². The Morgan fingerprint density at radius 3 is 2.00 bits per heavy atom. The zero-order valence-corrected chi connectivity index (χ0v) is 14.7. The van der Waals surface area contributed by atoms with E-state index in [0.717, 1.165) is 5.56 Å². The number of nitrogens with one attached hydrogen (secondary N) is 1. The lowest BCUT2D eigenvalue weighted by atomic mass is 10.2. The van der Waals surface area contributed by atoms with Crippen LogP contribution < -0.4 is 18.9 Å². The number of aryl methyl sites for hydroxylation is 1. The van der Waals surface area contributed by atoms with Crippen molar-refractivity contribution in [2.75, 3.05) is 27.4 Å². The quantitative estimate of drug-likeness (QED) is 0.739. The summed E-state index contributed by atoms with van der Waals surface area (Å²) in [4.78, 5) is 0.233. The summed E-state index contributed by atoms with van der Waals surface area (Å²) in [5.74, 6) is 1.75. The Labute approximate surface area is 142 Å². The molecule has 0 bridgehead atoms. The van der Waals surface area contributed by atoms with Gasteiger partial charge in [0.15, 0.2) is 0 Å². The second-order valence-electron chi connectivity index (χ2n) is 5.11. The first-order valence-corrected chi connectivity index (χ1v) is 8.85. The Bertz CT molecular complexity index is 750. The van der Waals surface area contributed by atoms with Crippen LogP contribution in [-0.2, 0) is 10.0 Å². The van der Waals surface area contributed by atoms with Crippen molar-refractivity contribution in [2.45, 2.75) is 11.8 Å². The lowest BCUT2D eigenvalue weighted by molar-refractivity contribution is 0.316. The van der Waals surface area contributed by atoms with Crippen LogP contribution in [0, 0.1) is 6.92 Å². The van der Waals surface area contributed by atoms with E-state index in [-0.39, 0.29) is 18.0 Å². The highest BCUT2D eigenvalue weighted by Gasteiger charge is 2.12. The van der Waals surface area contributed by atoms with E-state index in [9.17, 15) is 8.42 Å². The molecule has 0 aromatic heterocycles. The van der Waals surface area contributed by atoms with Crippen LogP contribution in [0.25, 0.3) is 0 Å². The van der Waals surface area contributed by atoms with Crippen LogP contribution in [0.5, 0.6) is 17.2 Å². The monoisotopic (exact) mass is 351 g/mol. The highest BCUT2D eigenvalue weighted by Crippen LogP contribution is 2.27. The third-order valence-corrected chi connectivity index (χ3v) is 4.80. The van der Waals surface area contributed by atoms with Gasteiger partial charge < -0.3 is 14.2 Å². The predicted molar refractivity (Wildman–Crippen MR) is 91.4 cm³/mol. The fourth-order valence-corrected chi connectivity index (χ4v) is 3.02. The minimum Gasteiger partial charge on any atom is -0.496 e. The Balaban J connectivity index is 1.91. The molecule has 0 radical (unpaired) electrons. The molecular weight excluding hydrogens is 330 g/mol. The second kappa shape index (κ2) is 8.03. The second-order valence-corrected chi connectivity index (χ2v) is 6.87. The van der Waals surface area contributed by atoms with Crippen molar-refractivity contribution in [3.05, 3.63) is 48.0 Å². The maximum atomic E-state index is 12.1. The summed E-state index contributed by atoms with van der Waals surface area (Å²) < 4.78 is 42.7. The van der Waals surface area contributed by atoms with Crippen molar-refractivity contribution in [1.82, 2.24) is 4.72 Å². The summed E-state index contributed by atoms with van der Waals surface area (Å²) in [6.07, 6.45) is 0. The van der Waals surface area contributed by atoms with Gasteiger partial charge in [-0.3, -0.25) is 0 Å². The molecule has 2 aromatic rings. The van der Waals surface area contributed by atoms with E-state index >= 15 is 0 Å². The van der Waals surface area contributed by atoms with Crippen molar-refractivity contribution in [2.24, 2.45) is 0 Å². The molecular formula is C17H21NO5S. The minimum absolute atomic E-state index is 0.149. The molecule has 0 aliphatic carbocycles. The van der Waals surface area contributed by atoms with E-state index in [0.29, 0.717) is 17.2 Å². The van der Waals surface area contributed by atoms with Gasteiger partial charge in [-0.2, -0.15) is 0 Å². The van der Waals surface area contributed by atoms with Crippen molar-refractivity contribution < 1.29 is 22.6 Å². The zero-order valence-electron chi connectivity index (χ0n) is 13.9. The van der Waals surface area contributed by atoms with Gasteiger partial charge in [-0.05, 0) is 19.1 Å². The molecule has 0 aliphatic rings. The smallest absolute Gasteiger partial charge is 0.240 e. The highest BCUT2D eigenvalue weighted by molar-refractivity contribution is 7.89. The standard InChI is InChI=1S/C17H21NO5S/c1-13-4-6-17(7-5-13)24(19,20)18-8-9-23-16-11-14(21-2)10-15(12-16)22-3/h4-7,10-12,18H,8-9H2,1-3H3. The van der Waals surface area contributed by atoms with Gasteiger partial charge in [0, 0.05) is 24.7 Å². The maximum absolute atomic E-state index is 12.1. The summed E-state index contributed by atoms with van der Waals surface area (Å²) >= 11 is 0. The molecule has 0 saturated heterocycles. The Hall–Kier alpha value is -2.25. The summed E-state index contributed by atoms with van der Waals surface area (Å²) in [6.45, 7) is 2.23. The first-order valence-electron chi connectivity index (χ1n) is 7.37. The molecule has 6 nitrogen and oxygen atoms in total. The normalized spacial score (nSPS) is 11.1. The number of hydrogen-bond acceptors (Lipinski definition) is 5. The van der Waals surface area contributed by atoms with E-state index in [4.69, 9.17) is 14.2 Å². The Morgan fingerprint density at radius 2 is 1.46 bits per heavy atom. The lowest BCUT2D eigenvalue weighted by Crippen LogP contribution is -2.28. The fourth-order valence-electron chi connectivity index (χ4n) is 2.01. The van der Waals surface area contributed by atoms with E-state index in [1.54, 1.807) is 56.7 Å². The Kier molecular flexibility index (Phi) is 6.05. The molecule has 2 rings (SSSR count). The highest BCUT2D eigenvalue weighted by atomic mass is 32.2. The zero-order chi connectivity index (χ0) is 17.6. The molecule has 0 aliphatic heterocycles. The topological polar surface area (TPSA) is 73.9 Å². The van der Waals surface area contributed by atoms with Crippen LogP contribution >= 0.6 is 0 Å². The first-order chi connectivity index (χ1) is 11.4. The lowest BCUT2D eigenvalue weighted by Gasteiger charge is -2.11. The van der Waals surface area contributed by atoms with E-state index in [2.05, 4.69) is 4.72 Å². The molecule has 0 fully saturated rings. The summed E-state index contributed by atoms with van der Waals surface area (Å²) in [5.41, 5.74) is 1.00. The molecule has 0 atom stereocenters. The third-order valence-electron chi connectivity index (χ3n) is 3.32. The number of rotatable bonds is 8. The van der Waals surface area contributed by atoms with Gasteiger partial charge in [0.2, 0.25) is 10.0 Å².